The van der Waals surface area contributed by atoms with Crippen molar-refractivity contribution in [2.24, 2.45) is 0 Å². The second-order valence-electron chi connectivity index (χ2n) is 9.04. The number of halogens is 4. The van der Waals surface area contributed by atoms with E-state index >= 15 is 0 Å². The molecule has 12 nitrogen and oxygen atoms in total. The van der Waals surface area contributed by atoms with Crippen molar-refractivity contribution in [1.82, 2.24) is 10.3 Å². The zero-order chi connectivity index (χ0) is 34.3. The van der Waals surface area contributed by atoms with Crippen LogP contribution in [0.2, 0.25) is 5.02 Å². The molecule has 0 saturated heterocycles. The van der Waals surface area contributed by atoms with Gasteiger partial charge in [0.2, 0.25) is 0 Å². The molecule has 0 unspecified atom stereocenters. The summed E-state index contributed by atoms with van der Waals surface area (Å²) in [5.41, 5.74) is -4.36. The van der Waals surface area contributed by atoms with Crippen molar-refractivity contribution >= 4 is 54.9 Å². The first-order valence-corrected chi connectivity index (χ1v) is 15.9. The van der Waals surface area contributed by atoms with Gasteiger partial charge in [-0.2, -0.15) is 21.6 Å². The molecule has 1 aromatic heterocycles. The van der Waals surface area contributed by atoms with Crippen LogP contribution >= 0.6 is 11.6 Å². The van der Waals surface area contributed by atoms with E-state index in [1.54, 1.807) is 18.2 Å². The molecular formula is C28H24ClF3N4O8S2. The highest BCUT2D eigenvalue weighted by molar-refractivity contribution is 7.92. The van der Waals surface area contributed by atoms with Gasteiger partial charge in [-0.15, -0.1) is 0 Å². The quantitative estimate of drug-likeness (QED) is 0.167. The number of carbonyl (C=O) groups excluding carboxylic acids is 2. The molecule has 0 atom stereocenters. The van der Waals surface area contributed by atoms with Crippen LogP contribution in [0.15, 0.2) is 94.9 Å². The van der Waals surface area contributed by atoms with E-state index in [0.29, 0.717) is 23.3 Å². The third kappa shape index (κ3) is 9.64. The van der Waals surface area contributed by atoms with Gasteiger partial charge in [-0.05, 0) is 67.6 Å². The predicted molar refractivity (Wildman–Crippen MR) is 162 cm³/mol. The summed E-state index contributed by atoms with van der Waals surface area (Å²) in [7, 11) is -8.26. The molecule has 4 aromatic rings. The number of aromatic nitrogens is 1. The van der Waals surface area contributed by atoms with Crippen LogP contribution < -0.4 is 20.7 Å². The van der Waals surface area contributed by atoms with Crippen LogP contribution in [-0.2, 0) is 20.0 Å². The maximum atomic E-state index is 12.8. The molecule has 0 spiro atoms. The van der Waals surface area contributed by atoms with Gasteiger partial charge in [-0.25, -0.2) is 13.2 Å². The monoisotopic (exact) mass is 700 g/mol. The molecule has 0 fully saturated rings. The first-order valence-electron chi connectivity index (χ1n) is 12.6. The number of ether oxygens (including phenoxy) is 1. The van der Waals surface area contributed by atoms with Crippen LogP contribution in [0, 0.1) is 6.92 Å². The van der Waals surface area contributed by atoms with E-state index < -0.39 is 41.4 Å². The predicted octanol–water partition coefficient (Wildman–Crippen LogP) is 6.07. The summed E-state index contributed by atoms with van der Waals surface area (Å²) in [6.45, 7) is 1.84. The number of benzene rings is 3. The zero-order valence-corrected chi connectivity index (χ0v) is 26.1. The fourth-order valence-electron chi connectivity index (χ4n) is 3.38. The highest BCUT2D eigenvalue weighted by Crippen LogP contribution is 2.35. The Kier molecular flexibility index (Phi) is 11.3. The molecular weight excluding hydrogens is 677 g/mol. The van der Waals surface area contributed by atoms with Crippen molar-refractivity contribution < 1.29 is 48.9 Å². The number of amides is 3. The average molecular weight is 701 g/mol. The number of nitrogens with one attached hydrogen (secondary N) is 3. The molecule has 4 rings (SSSR count). The fraction of sp³-hybridized carbons (Fsp3) is 0.107. The minimum absolute atomic E-state index is 0.0666. The van der Waals surface area contributed by atoms with Gasteiger partial charge in [0.25, 0.3) is 25.9 Å². The minimum atomic E-state index is -5.71. The number of hydrogen-bond donors (Lipinski definition) is 4. The van der Waals surface area contributed by atoms with Crippen molar-refractivity contribution in [3.8, 4) is 11.5 Å². The van der Waals surface area contributed by atoms with E-state index in [1.807, 2.05) is 6.92 Å². The van der Waals surface area contributed by atoms with Crippen LogP contribution in [0.1, 0.15) is 16.1 Å². The first kappa shape index (κ1) is 35.8. The summed E-state index contributed by atoms with van der Waals surface area (Å²) >= 11 is 5.61. The second kappa shape index (κ2) is 14.6. The topological polar surface area (TPSA) is 181 Å². The fourth-order valence-corrected chi connectivity index (χ4v) is 5.14. The minimum Gasteiger partial charge on any atom is -0.457 e. The highest BCUT2D eigenvalue weighted by Gasteiger charge is 2.48. The second-order valence-corrected chi connectivity index (χ2v) is 12.8. The number of rotatable bonds is 7. The van der Waals surface area contributed by atoms with Crippen LogP contribution in [0.3, 0.4) is 0 Å². The summed E-state index contributed by atoms with van der Waals surface area (Å²) < 4.78 is 97.1. The van der Waals surface area contributed by atoms with Crippen molar-refractivity contribution in [2.45, 2.75) is 22.2 Å². The lowest BCUT2D eigenvalue weighted by Gasteiger charge is -2.13. The first-order chi connectivity index (χ1) is 21.4. The Bertz CT molecular complexity index is 1940. The summed E-state index contributed by atoms with van der Waals surface area (Å²) in [6, 6.07) is 16.8. The van der Waals surface area contributed by atoms with Gasteiger partial charge in [-0.3, -0.25) is 14.3 Å². The number of alkyl halides is 3. The van der Waals surface area contributed by atoms with Crippen LogP contribution in [-0.4, -0.2) is 50.9 Å². The van der Waals surface area contributed by atoms with Gasteiger partial charge in [0.1, 0.15) is 17.2 Å². The third-order valence-corrected chi connectivity index (χ3v) is 8.48. The summed E-state index contributed by atoms with van der Waals surface area (Å²) in [5.74, 6) is 0.346. The third-order valence-electron chi connectivity index (χ3n) is 5.64. The lowest BCUT2D eigenvalue weighted by Crippen LogP contribution is -2.24. The molecule has 3 amide bonds. The lowest BCUT2D eigenvalue weighted by atomic mass is 10.2. The summed E-state index contributed by atoms with van der Waals surface area (Å²) in [4.78, 5) is 26.6. The van der Waals surface area contributed by atoms with Gasteiger partial charge < -0.3 is 20.7 Å². The van der Waals surface area contributed by atoms with Gasteiger partial charge in [-0.1, -0.05) is 29.3 Å². The lowest BCUT2D eigenvalue weighted by molar-refractivity contribution is -0.0436. The summed E-state index contributed by atoms with van der Waals surface area (Å²) in [6.07, 6.45) is 1.41. The molecule has 244 valence electrons. The molecule has 3 aromatic carbocycles. The van der Waals surface area contributed by atoms with E-state index in [4.69, 9.17) is 20.9 Å². The molecule has 0 radical (unpaired) electrons. The maximum Gasteiger partial charge on any atom is 0.501 e. The molecule has 18 heteroatoms. The Morgan fingerprint density at radius 1 is 0.848 bits per heavy atom. The molecule has 0 aliphatic carbocycles. The Hall–Kier alpha value is -4.71. The molecule has 0 aliphatic rings. The maximum absolute atomic E-state index is 12.8. The number of sulfone groups is 1. The molecule has 0 bridgehead atoms. The van der Waals surface area contributed by atoms with Crippen LogP contribution in [0.25, 0.3) is 0 Å². The van der Waals surface area contributed by atoms with Gasteiger partial charge >= 0.3 is 11.5 Å². The number of urea groups is 1. The Morgan fingerprint density at radius 3 is 2.00 bits per heavy atom. The van der Waals surface area contributed by atoms with Crippen molar-refractivity contribution in [3.05, 3.63) is 101 Å². The Morgan fingerprint density at radius 2 is 1.43 bits per heavy atom. The molecule has 1 heterocycles. The largest absolute Gasteiger partial charge is 0.501 e. The van der Waals surface area contributed by atoms with Crippen molar-refractivity contribution in [2.75, 3.05) is 17.7 Å². The molecule has 0 aliphatic heterocycles. The number of anilines is 2. The SMILES string of the molecule is CNC(=O)c1cc(Oc2ccc(NC(=O)Nc3ccc(Cl)c(S(=O)(=O)C(F)(F)F)c3)cc2)ccn1.Cc1ccc(S(=O)(=O)O)cc1. The number of carbonyl (C=O) groups is 2. The number of nitrogens with zero attached hydrogens (tertiary/aromatic N) is 1. The van der Waals surface area contributed by atoms with E-state index in [2.05, 4.69) is 20.9 Å². The standard InChI is InChI=1S/C21H16ClF3N4O5S.C7H8O3S/c1-26-19(30)17-11-15(8-9-27-17)34-14-5-2-12(3-6-14)28-20(31)29-13-4-7-16(22)18(10-13)35(32,33)21(23,24)25;1-6-2-4-7(5-3-6)11(8,9)10/h2-11H,1H3,(H,26,30)(H2,28,29,31);2-5H,1H3,(H,8,9,10). The van der Waals surface area contributed by atoms with Crippen molar-refractivity contribution in [1.29, 1.82) is 0 Å². The number of hydrogen-bond acceptors (Lipinski definition) is 8. The Labute approximate surface area is 266 Å². The smallest absolute Gasteiger partial charge is 0.457 e. The van der Waals surface area contributed by atoms with Gasteiger partial charge in [0.05, 0.1) is 14.8 Å². The van der Waals surface area contributed by atoms with Crippen LogP contribution in [0.4, 0.5) is 29.3 Å². The van der Waals surface area contributed by atoms with Crippen LogP contribution in [0.5, 0.6) is 11.5 Å². The number of pyridine rings is 1. The van der Waals surface area contributed by atoms with Gasteiger partial charge in [0, 0.05) is 30.7 Å². The number of aryl methyl sites for hydroxylation is 1. The average Bonchev–Trinajstić information content (AvgIpc) is 2.98. The Balaban J connectivity index is 0.000000441. The molecule has 4 N–H and O–H groups in total. The van der Waals surface area contributed by atoms with Crippen molar-refractivity contribution in [3.63, 3.8) is 0 Å². The molecule has 46 heavy (non-hydrogen) atoms. The van der Waals surface area contributed by atoms with E-state index in [0.717, 1.165) is 17.7 Å². The highest BCUT2D eigenvalue weighted by atomic mass is 35.5. The normalized spacial score (nSPS) is 11.5. The molecule has 0 saturated carbocycles. The van der Waals surface area contributed by atoms with E-state index in [-0.39, 0.29) is 22.2 Å². The van der Waals surface area contributed by atoms with Gasteiger partial charge in [0.15, 0.2) is 0 Å². The van der Waals surface area contributed by atoms with E-state index in [1.165, 1.54) is 55.7 Å². The summed E-state index contributed by atoms with van der Waals surface area (Å²) in [5, 5.41) is 6.49. The zero-order valence-electron chi connectivity index (χ0n) is 23.7. The van der Waals surface area contributed by atoms with E-state index in [9.17, 15) is 39.6 Å².